The molecule has 10 N–H and O–H groups in total. The minimum Gasteiger partial charge on any atom is -0.870 e. The van der Waals surface area contributed by atoms with Crippen molar-refractivity contribution in [3.63, 3.8) is 0 Å². The molecule has 0 spiro atoms. The smallest absolute Gasteiger partial charge is 0.357 e. The molecule has 7 aromatic carbocycles. The van der Waals surface area contributed by atoms with Crippen molar-refractivity contribution in [1.29, 1.82) is 0 Å². The number of sulfonamides is 2. The second kappa shape index (κ2) is 38.0. The molecule has 128 heavy (non-hydrogen) atoms. The lowest BCUT2D eigenvalue weighted by molar-refractivity contribution is 0.0680. The number of thiophene rings is 2. The number of aromatic carboxylic acids is 3. The Hall–Kier alpha value is -12.8. The highest BCUT2D eigenvalue weighted by Crippen LogP contribution is 2.43. The molecule has 652 valence electrons. The number of thiol groups is 1. The Labute approximate surface area is 751 Å². The lowest BCUT2D eigenvalue weighted by Crippen LogP contribution is -2.14. The van der Waals surface area contributed by atoms with Crippen molar-refractivity contribution in [3.8, 4) is 84.9 Å². The normalized spacial score (nSPS) is 13.2. The number of primary sulfonamides is 2. The Morgan fingerprint density at radius 3 is 1.36 bits per heavy atom. The number of oxazole rings is 1. The van der Waals surface area contributed by atoms with Crippen LogP contribution < -0.4 is 15.4 Å². The number of carbonyl (C=O) groups is 3. The maximum Gasteiger partial charge on any atom is 0.357 e. The number of hydrogen-bond acceptors (Lipinski definition) is 20. The average Bonchev–Trinajstić information content (AvgIpc) is 1.61. The number of benzene rings is 7. The van der Waals surface area contributed by atoms with E-state index in [0.29, 0.717) is 93.0 Å². The summed E-state index contributed by atoms with van der Waals surface area (Å²) in [5.74, 6) is 8.85. The molecule has 3 aliphatic carbocycles. The van der Waals surface area contributed by atoms with Gasteiger partial charge in [0.1, 0.15) is 22.8 Å². The summed E-state index contributed by atoms with van der Waals surface area (Å²) >= 11 is 5.66. The Kier molecular flexibility index (Phi) is 26.8. The topological polar surface area (TPSA) is 411 Å². The number of thiazole rings is 2. The largest absolute Gasteiger partial charge is 0.870 e. The van der Waals surface area contributed by atoms with E-state index in [1.807, 2.05) is 118 Å². The third kappa shape index (κ3) is 21.4. The van der Waals surface area contributed by atoms with Crippen LogP contribution in [0.4, 0.5) is 13.2 Å². The summed E-state index contributed by atoms with van der Waals surface area (Å²) in [6.07, 6.45) is 10.5. The number of aryl methyl sites for hydroxylation is 3. The molecule has 0 saturated heterocycles. The summed E-state index contributed by atoms with van der Waals surface area (Å²) < 4.78 is 114. The van der Waals surface area contributed by atoms with Gasteiger partial charge >= 0.3 is 23.9 Å². The highest BCUT2D eigenvalue weighted by atomic mass is 32.2. The van der Waals surface area contributed by atoms with Crippen molar-refractivity contribution in [3.05, 3.63) is 314 Å². The molecule has 3 aliphatic rings. The molecule has 25 nitrogen and oxygen atoms in total. The monoisotopic (exact) mass is 1850 g/mol. The summed E-state index contributed by atoms with van der Waals surface area (Å²) in [6.45, 7) is 6.04. The van der Waals surface area contributed by atoms with E-state index in [1.165, 1.54) is 84.3 Å². The number of aromatic nitrogens is 9. The first-order chi connectivity index (χ1) is 60.9. The van der Waals surface area contributed by atoms with E-state index in [4.69, 9.17) is 35.1 Å². The Morgan fingerprint density at radius 1 is 0.492 bits per heavy atom. The van der Waals surface area contributed by atoms with E-state index in [-0.39, 0.29) is 50.6 Å². The molecule has 18 rings (SSSR count). The quantitative estimate of drug-likeness (QED) is 0.0176. The van der Waals surface area contributed by atoms with Gasteiger partial charge < -0.3 is 25.2 Å². The molecule has 8 heterocycles. The molecule has 0 bridgehead atoms. The first kappa shape index (κ1) is 90.1. The number of rotatable bonds is 25. The molecule has 1 unspecified atom stereocenters. The number of nitrogens with zero attached hydrogens (tertiary/aromatic N) is 9. The van der Waals surface area contributed by atoms with E-state index >= 15 is 4.39 Å². The molecule has 3 saturated carbocycles. The van der Waals surface area contributed by atoms with Gasteiger partial charge in [0, 0.05) is 89.8 Å². The number of carboxylic acids is 3. The predicted octanol–water partition coefficient (Wildman–Crippen LogP) is 17.2. The minimum atomic E-state index is -4.23. The maximum atomic E-state index is 15.1. The van der Waals surface area contributed by atoms with Gasteiger partial charge in [-0.25, -0.2) is 74.0 Å². The summed E-state index contributed by atoms with van der Waals surface area (Å²) in [4.78, 5) is 51.3. The molecule has 8 aromatic heterocycles. The molecule has 1 atom stereocenters. The van der Waals surface area contributed by atoms with Gasteiger partial charge in [0.15, 0.2) is 33.9 Å². The SMILES string of the molecule is Cc1ccc(-c2cc(-c3nn(-c4nc(C(=O)O)cs4)c(CC4CC4)c3Cc3ccc(S(N)(=O)=O)cc3)ccc2F)cc1.Cc1ccc(C#Cc2cccc(-c3nn(-c4nc(C(=O)O)co4)c(CC4CC4)c3Cc3ccc(S(N)(=O)=O)c(F)c3)c2)s1.Cc1ccc(C#Cc2cccc(-c3nn(-c4nc(C(=O)O)cs4)c(CC4CC4)c3Cc3ccc([SH+](N)=O)c(F)c3)c2)s1.[OH-]. The van der Waals surface area contributed by atoms with Crippen LogP contribution in [0.5, 0.6) is 0 Å². The van der Waals surface area contributed by atoms with Crippen molar-refractivity contribution < 1.29 is 73.8 Å². The van der Waals surface area contributed by atoms with Crippen LogP contribution in [-0.4, -0.2) is 99.8 Å². The highest BCUT2D eigenvalue weighted by Gasteiger charge is 2.35. The Morgan fingerprint density at radius 2 is 0.938 bits per heavy atom. The average molecular weight is 1850 g/mol. The van der Waals surface area contributed by atoms with Gasteiger partial charge in [-0.1, -0.05) is 106 Å². The molecule has 35 heteroatoms. The summed E-state index contributed by atoms with van der Waals surface area (Å²) in [6, 6.07) is 50.7. The predicted molar refractivity (Wildman–Crippen MR) is 483 cm³/mol. The van der Waals surface area contributed by atoms with Crippen LogP contribution in [0.3, 0.4) is 0 Å². The van der Waals surface area contributed by atoms with Crippen molar-refractivity contribution in [1.82, 2.24) is 44.3 Å². The van der Waals surface area contributed by atoms with E-state index in [9.17, 15) is 59.5 Å². The van der Waals surface area contributed by atoms with Crippen molar-refractivity contribution in [2.24, 2.45) is 33.2 Å². The fourth-order valence-corrected chi connectivity index (χ4v) is 19.1. The van der Waals surface area contributed by atoms with Gasteiger partial charge in [-0.05, 0) is 222 Å². The van der Waals surface area contributed by atoms with Gasteiger partial charge in [0.05, 0.1) is 48.8 Å². The van der Waals surface area contributed by atoms with Crippen molar-refractivity contribution >= 4 is 94.3 Å². The van der Waals surface area contributed by atoms with Gasteiger partial charge in [-0.3, -0.25) is 0 Å². The van der Waals surface area contributed by atoms with E-state index in [1.54, 1.807) is 62.4 Å². The van der Waals surface area contributed by atoms with Crippen LogP contribution >= 0.6 is 45.3 Å². The molecular weight excluding hydrogens is 1770 g/mol. The summed E-state index contributed by atoms with van der Waals surface area (Å²) in [5, 5.41) is 63.0. The van der Waals surface area contributed by atoms with Gasteiger partial charge in [0.2, 0.25) is 35.2 Å². The fraction of sp³-hybridized carbons (Fsp3) is 0.194. The Balaban J connectivity index is 0.000000147. The second-order valence-electron chi connectivity index (χ2n) is 31.1. The molecule has 0 aliphatic heterocycles. The molecule has 15 aromatic rings. The number of halogens is 3. The third-order valence-electron chi connectivity index (χ3n) is 21.4. The van der Waals surface area contributed by atoms with Crippen LogP contribution in [-0.2, 0) is 73.8 Å². The van der Waals surface area contributed by atoms with Gasteiger partial charge in [-0.15, -0.1) is 50.5 Å². The molecule has 3 fully saturated rings. The third-order valence-corrected chi connectivity index (χ3v) is 27.6. The molecule has 0 radical (unpaired) electrons. The standard InChI is InChI=1S/C31H25FN4O5S2.C31H27FN4O4S2.C31H25FN4O3S3.H2O/c1-18-5-10-23(42-18)11-8-19-3-2-4-22(13-19)29-24(14-21-9-12-28(25(32)15-21)43(33,39)40)27(16-20-6-7-20)36(35-29)31-34-26(17-41-31)30(37)38;1-18-2-8-21(9-3-18)24-16-22(10-13-26(24)32)29-25(14-19-6-11-23(12-7-19)42(33,39)40)28(15-20-4-5-20)36(35-29)31-34-27(17-41-31)30(37)38;1-18-5-10-23(41-18)11-8-19-3-2-4-22(13-19)29-24(14-21-9-12-28(42(33)39)25(32)15-21)27(16-20-6-7-20)36(35-29)31-34-26(17-40-31)30(37)38;/h2-5,9-10,12-13,15,17,20H,6-7,14,16H2,1H3,(H,37,38)(H2,33,39,40);2-3,6-13,16-17,20H,4-5,14-15H2,1H3,(H,37,38)(H2,33,39,40);2-5,9-10,12-13,15,17,20H,6-7,14,16H2,1H3,(H2,33,39)(H,37,38);1H2. The number of nitrogens with two attached hydrogens (primary N) is 3. The first-order valence-corrected chi connectivity index (χ1v) is 47.8. The summed E-state index contributed by atoms with van der Waals surface area (Å²) in [5.41, 5.74) is 14.8. The maximum absolute atomic E-state index is 15.1. The second-order valence-corrected chi connectivity index (χ2v) is 39.6. The highest BCUT2D eigenvalue weighted by molar-refractivity contribution is 7.89. The fourth-order valence-electron chi connectivity index (χ4n) is 14.5. The zero-order valence-corrected chi connectivity index (χ0v) is 74.2. The van der Waals surface area contributed by atoms with E-state index in [0.717, 1.165) is 146 Å². The van der Waals surface area contributed by atoms with Crippen molar-refractivity contribution in [2.75, 3.05) is 0 Å². The zero-order valence-electron chi connectivity index (χ0n) is 68.4. The van der Waals surface area contributed by atoms with Gasteiger partial charge in [-0.2, -0.15) is 25.0 Å². The first-order valence-electron chi connectivity index (χ1n) is 39.9. The number of hydrogen-bond donors (Lipinski definition) is 6. The zero-order chi connectivity index (χ0) is 89.3. The minimum absolute atomic E-state index is 0. The van der Waals surface area contributed by atoms with Crippen molar-refractivity contribution in [2.45, 2.75) is 113 Å². The Bertz CT molecular complexity index is 7220. The van der Waals surface area contributed by atoms with Crippen LogP contribution in [0.15, 0.2) is 212 Å². The van der Waals surface area contributed by atoms with Crippen LogP contribution in [0.1, 0.15) is 157 Å². The van der Waals surface area contributed by atoms with Gasteiger partial charge in [0.25, 0.3) is 0 Å². The lowest BCUT2D eigenvalue weighted by Gasteiger charge is -2.10. The molecule has 0 amide bonds. The lowest BCUT2D eigenvalue weighted by atomic mass is 9.95. The van der Waals surface area contributed by atoms with Crippen LogP contribution in [0.25, 0.3) is 61.2 Å². The summed E-state index contributed by atoms with van der Waals surface area (Å²) in [7, 11) is -10.4. The number of carboxylic acid groups (broad SMARTS) is 3. The molecular formula is C93H79F3N12O13S7. The van der Waals surface area contributed by atoms with E-state index < -0.39 is 65.5 Å². The van der Waals surface area contributed by atoms with Crippen LogP contribution in [0.2, 0.25) is 0 Å². The van der Waals surface area contributed by atoms with Crippen LogP contribution in [0, 0.1) is 79.7 Å². The van der Waals surface area contributed by atoms with E-state index in [2.05, 4.69) is 38.6 Å².